The minimum absolute atomic E-state index is 0.179. The Kier molecular flexibility index (Phi) is 3.58. The van der Waals surface area contributed by atoms with Crippen LogP contribution in [0.1, 0.15) is 33.6 Å². The summed E-state index contributed by atoms with van der Waals surface area (Å²) < 4.78 is 0. The van der Waals surface area contributed by atoms with Crippen LogP contribution in [-0.4, -0.2) is 28.7 Å². The SMILES string of the molecule is CC(C)(C)C1/C(=C\C#N)CCCN1C(=O)O. The van der Waals surface area contributed by atoms with Crippen LogP contribution >= 0.6 is 0 Å². The van der Waals surface area contributed by atoms with Crippen LogP contribution in [0.15, 0.2) is 11.6 Å². The second-order valence-corrected chi connectivity index (χ2v) is 5.20. The van der Waals surface area contributed by atoms with Gasteiger partial charge in [0.25, 0.3) is 0 Å². The predicted molar refractivity (Wildman–Crippen MR) is 60.9 cm³/mol. The second-order valence-electron chi connectivity index (χ2n) is 5.20. The molecule has 16 heavy (non-hydrogen) atoms. The van der Waals surface area contributed by atoms with Crippen molar-refractivity contribution in [2.24, 2.45) is 5.41 Å². The van der Waals surface area contributed by atoms with Gasteiger partial charge in [0.2, 0.25) is 0 Å². The van der Waals surface area contributed by atoms with Gasteiger partial charge in [-0.3, -0.25) is 0 Å². The molecule has 1 fully saturated rings. The van der Waals surface area contributed by atoms with Gasteiger partial charge in [-0.05, 0) is 23.8 Å². The molecule has 0 bridgehead atoms. The number of nitrogens with zero attached hydrogens (tertiary/aromatic N) is 2. The Bertz CT molecular complexity index is 347. The average Bonchev–Trinajstić information content (AvgIpc) is 2.16. The third kappa shape index (κ3) is 2.54. The zero-order valence-corrected chi connectivity index (χ0v) is 10.0. The van der Waals surface area contributed by atoms with E-state index in [1.54, 1.807) is 0 Å². The van der Waals surface area contributed by atoms with E-state index in [0.717, 1.165) is 18.4 Å². The summed E-state index contributed by atoms with van der Waals surface area (Å²) in [4.78, 5) is 12.6. The van der Waals surface area contributed by atoms with Crippen LogP contribution in [0.3, 0.4) is 0 Å². The summed E-state index contributed by atoms with van der Waals surface area (Å²) in [6, 6.07) is 1.84. The lowest BCUT2D eigenvalue weighted by atomic mass is 9.77. The second kappa shape index (κ2) is 4.56. The van der Waals surface area contributed by atoms with Gasteiger partial charge in [-0.2, -0.15) is 5.26 Å². The Balaban J connectivity index is 3.10. The lowest BCUT2D eigenvalue weighted by molar-refractivity contribution is 0.0849. The van der Waals surface area contributed by atoms with Crippen LogP contribution < -0.4 is 0 Å². The fourth-order valence-electron chi connectivity index (χ4n) is 2.38. The highest BCUT2D eigenvalue weighted by Crippen LogP contribution is 2.35. The van der Waals surface area contributed by atoms with Crippen molar-refractivity contribution in [2.45, 2.75) is 39.7 Å². The first kappa shape index (κ1) is 12.6. The fourth-order valence-corrected chi connectivity index (χ4v) is 2.38. The van der Waals surface area contributed by atoms with Crippen molar-refractivity contribution in [3.63, 3.8) is 0 Å². The van der Waals surface area contributed by atoms with Crippen LogP contribution in [0.2, 0.25) is 0 Å². The van der Waals surface area contributed by atoms with Crippen LogP contribution in [-0.2, 0) is 0 Å². The third-order valence-electron chi connectivity index (χ3n) is 2.84. The van der Waals surface area contributed by atoms with Crippen molar-refractivity contribution >= 4 is 6.09 Å². The van der Waals surface area contributed by atoms with Crippen molar-refractivity contribution in [1.82, 2.24) is 4.90 Å². The molecule has 0 aromatic carbocycles. The van der Waals surface area contributed by atoms with E-state index in [1.165, 1.54) is 11.0 Å². The Morgan fingerprint density at radius 2 is 2.25 bits per heavy atom. The van der Waals surface area contributed by atoms with Crippen LogP contribution in [0, 0.1) is 16.7 Å². The fraction of sp³-hybridized carbons (Fsp3) is 0.667. The van der Waals surface area contributed by atoms with Crippen molar-refractivity contribution in [1.29, 1.82) is 5.26 Å². The summed E-state index contributed by atoms with van der Waals surface area (Å²) in [6.45, 7) is 6.57. The molecule has 4 heteroatoms. The maximum Gasteiger partial charge on any atom is 0.407 e. The molecule has 1 aliphatic rings. The quantitative estimate of drug-likeness (QED) is 0.641. The Morgan fingerprint density at radius 3 is 2.69 bits per heavy atom. The number of hydrogen-bond acceptors (Lipinski definition) is 2. The Morgan fingerprint density at radius 1 is 1.62 bits per heavy atom. The van der Waals surface area contributed by atoms with Gasteiger partial charge in [-0.1, -0.05) is 20.8 Å². The molecule has 88 valence electrons. The van der Waals surface area contributed by atoms with Crippen molar-refractivity contribution < 1.29 is 9.90 Å². The van der Waals surface area contributed by atoms with Gasteiger partial charge in [-0.25, -0.2) is 4.79 Å². The monoisotopic (exact) mass is 222 g/mol. The number of likely N-dealkylation sites (tertiary alicyclic amines) is 1. The normalized spacial score (nSPS) is 24.2. The smallest absolute Gasteiger partial charge is 0.407 e. The molecular weight excluding hydrogens is 204 g/mol. The first-order chi connectivity index (χ1) is 7.38. The maximum absolute atomic E-state index is 11.2. The predicted octanol–water partition coefficient (Wildman–Crippen LogP) is 2.62. The number of hydrogen-bond donors (Lipinski definition) is 1. The average molecular weight is 222 g/mol. The highest BCUT2D eigenvalue weighted by Gasteiger charge is 2.38. The molecule has 1 aliphatic heterocycles. The zero-order chi connectivity index (χ0) is 12.3. The molecular formula is C12H18N2O2. The molecule has 0 aromatic rings. The molecule has 0 radical (unpaired) electrons. The van der Waals surface area contributed by atoms with E-state index in [9.17, 15) is 9.90 Å². The van der Waals surface area contributed by atoms with Crippen LogP contribution in [0.25, 0.3) is 0 Å². The summed E-state index contributed by atoms with van der Waals surface area (Å²) in [7, 11) is 0. The Hall–Kier alpha value is -1.50. The molecule has 1 N–H and O–H groups in total. The lowest BCUT2D eigenvalue weighted by Crippen LogP contribution is -2.50. The summed E-state index contributed by atoms with van der Waals surface area (Å²) in [6.07, 6.45) is 2.22. The molecule has 0 saturated carbocycles. The highest BCUT2D eigenvalue weighted by atomic mass is 16.4. The first-order valence-corrected chi connectivity index (χ1v) is 5.46. The van der Waals surface area contributed by atoms with Gasteiger partial charge in [0, 0.05) is 12.6 Å². The van der Waals surface area contributed by atoms with E-state index in [0.29, 0.717) is 6.54 Å². The highest BCUT2D eigenvalue weighted by molar-refractivity contribution is 5.66. The molecule has 1 heterocycles. The van der Waals surface area contributed by atoms with E-state index in [4.69, 9.17) is 5.26 Å². The zero-order valence-electron chi connectivity index (χ0n) is 10.0. The molecule has 0 aromatic heterocycles. The van der Waals surface area contributed by atoms with Gasteiger partial charge < -0.3 is 10.0 Å². The lowest BCUT2D eigenvalue weighted by Gasteiger charge is -2.43. The first-order valence-electron chi connectivity index (χ1n) is 5.46. The van der Waals surface area contributed by atoms with Crippen molar-refractivity contribution in [2.75, 3.05) is 6.54 Å². The molecule has 1 saturated heterocycles. The van der Waals surface area contributed by atoms with E-state index < -0.39 is 6.09 Å². The minimum Gasteiger partial charge on any atom is -0.465 e. The van der Waals surface area contributed by atoms with Crippen LogP contribution in [0.5, 0.6) is 0 Å². The third-order valence-corrected chi connectivity index (χ3v) is 2.84. The topological polar surface area (TPSA) is 64.3 Å². The molecule has 1 unspecified atom stereocenters. The number of nitriles is 1. The molecule has 1 atom stereocenters. The largest absolute Gasteiger partial charge is 0.465 e. The van der Waals surface area contributed by atoms with Crippen LogP contribution in [0.4, 0.5) is 4.79 Å². The number of carboxylic acid groups (broad SMARTS) is 1. The Labute approximate surface area is 96.2 Å². The molecule has 4 nitrogen and oxygen atoms in total. The molecule has 1 amide bonds. The number of allylic oxidation sites excluding steroid dienone is 1. The van der Waals surface area contributed by atoms with Gasteiger partial charge in [-0.15, -0.1) is 0 Å². The molecule has 0 spiro atoms. The maximum atomic E-state index is 11.2. The van der Waals surface area contributed by atoms with E-state index in [2.05, 4.69) is 0 Å². The van der Waals surface area contributed by atoms with Gasteiger partial charge >= 0.3 is 6.09 Å². The van der Waals surface area contributed by atoms with Crippen molar-refractivity contribution in [3.8, 4) is 6.07 Å². The molecule has 0 aliphatic carbocycles. The number of rotatable bonds is 0. The van der Waals surface area contributed by atoms with E-state index >= 15 is 0 Å². The summed E-state index contributed by atoms with van der Waals surface area (Å²) in [5.74, 6) is 0. The molecule has 1 rings (SSSR count). The summed E-state index contributed by atoms with van der Waals surface area (Å²) in [5, 5.41) is 17.9. The summed E-state index contributed by atoms with van der Waals surface area (Å²) in [5.41, 5.74) is 0.755. The standard InChI is InChI=1S/C12H18N2O2/c1-12(2,3)10-9(6-7-13)5-4-8-14(10)11(15)16/h6,10H,4-5,8H2,1-3H3,(H,15,16)/b9-6-. The summed E-state index contributed by atoms with van der Waals surface area (Å²) >= 11 is 0. The van der Waals surface area contributed by atoms with E-state index in [1.807, 2.05) is 26.8 Å². The van der Waals surface area contributed by atoms with Gasteiger partial charge in [0.15, 0.2) is 0 Å². The minimum atomic E-state index is -0.900. The van der Waals surface area contributed by atoms with Crippen molar-refractivity contribution in [3.05, 3.63) is 11.6 Å². The number of amides is 1. The van der Waals surface area contributed by atoms with Gasteiger partial charge in [0.1, 0.15) is 0 Å². The van der Waals surface area contributed by atoms with Gasteiger partial charge in [0.05, 0.1) is 12.1 Å². The number of piperidine rings is 1. The van der Waals surface area contributed by atoms with E-state index in [-0.39, 0.29) is 11.5 Å². The number of carbonyl (C=O) groups is 1.